The molecule has 1 aromatic rings. The summed E-state index contributed by atoms with van der Waals surface area (Å²) in [5.41, 5.74) is 1.39. The fourth-order valence-electron chi connectivity index (χ4n) is 3.64. The van der Waals surface area contributed by atoms with Crippen LogP contribution in [0.25, 0.3) is 0 Å². The number of amides is 1. The van der Waals surface area contributed by atoms with Crippen molar-refractivity contribution in [2.45, 2.75) is 63.8 Å². The Morgan fingerprint density at radius 3 is 2.86 bits per heavy atom. The molecule has 0 bridgehead atoms. The first-order valence-corrected chi connectivity index (χ1v) is 9.13. The van der Waals surface area contributed by atoms with E-state index in [9.17, 15) is 9.90 Å². The highest BCUT2D eigenvalue weighted by atomic mass is 32.1. The molecule has 0 spiro atoms. The number of carbonyl (C=O) groups excluding carboxylic acids is 1. The van der Waals surface area contributed by atoms with Gasteiger partial charge >= 0.3 is 0 Å². The second kappa shape index (κ2) is 6.93. The Labute approximate surface area is 130 Å². The van der Waals surface area contributed by atoms with Gasteiger partial charge in [-0.05, 0) is 50.2 Å². The number of hydrogen-bond donors (Lipinski definition) is 2. The Morgan fingerprint density at radius 1 is 1.19 bits per heavy atom. The largest absolute Gasteiger partial charge is 0.396 e. The van der Waals surface area contributed by atoms with Gasteiger partial charge in [0, 0.05) is 23.4 Å². The normalized spacial score (nSPS) is 26.0. The van der Waals surface area contributed by atoms with Crippen LogP contribution in [0.1, 0.15) is 65.1 Å². The number of aliphatic hydroxyl groups excluding tert-OH is 1. The summed E-state index contributed by atoms with van der Waals surface area (Å²) in [6.07, 6.45) is 10.4. The smallest absolute Gasteiger partial charge is 0.261 e. The van der Waals surface area contributed by atoms with Crippen LogP contribution < -0.4 is 5.32 Å². The van der Waals surface area contributed by atoms with E-state index in [1.165, 1.54) is 36.1 Å². The summed E-state index contributed by atoms with van der Waals surface area (Å²) in [5.74, 6) is 0.305. The van der Waals surface area contributed by atoms with Crippen molar-refractivity contribution in [1.82, 2.24) is 5.32 Å². The van der Waals surface area contributed by atoms with Crippen LogP contribution >= 0.6 is 11.3 Å². The predicted molar refractivity (Wildman–Crippen MR) is 85.9 cm³/mol. The Morgan fingerprint density at radius 2 is 2.00 bits per heavy atom. The average Bonchev–Trinajstić information content (AvgIpc) is 2.79. The zero-order valence-corrected chi connectivity index (χ0v) is 13.4. The molecule has 3 nitrogen and oxygen atoms in total. The first kappa shape index (κ1) is 15.0. The Hall–Kier alpha value is -0.870. The fourth-order valence-corrected chi connectivity index (χ4v) is 4.79. The monoisotopic (exact) mass is 307 g/mol. The third kappa shape index (κ3) is 3.49. The van der Waals surface area contributed by atoms with Crippen LogP contribution in [0.3, 0.4) is 0 Å². The maximum absolute atomic E-state index is 12.5. The van der Waals surface area contributed by atoms with Gasteiger partial charge in [0.05, 0.1) is 4.88 Å². The van der Waals surface area contributed by atoms with Gasteiger partial charge in [0.25, 0.3) is 5.91 Å². The lowest BCUT2D eigenvalue weighted by Crippen LogP contribution is -2.43. The molecule has 0 radical (unpaired) electrons. The molecule has 2 atom stereocenters. The minimum Gasteiger partial charge on any atom is -0.396 e. The second-order valence-corrected chi connectivity index (χ2v) is 7.56. The number of thiophene rings is 1. The van der Waals surface area contributed by atoms with E-state index in [1.807, 2.05) is 0 Å². The van der Waals surface area contributed by atoms with Gasteiger partial charge in [0.2, 0.25) is 0 Å². The lowest BCUT2D eigenvalue weighted by molar-refractivity contribution is 0.0876. The molecule has 2 unspecified atom stereocenters. The van der Waals surface area contributed by atoms with E-state index in [0.29, 0.717) is 0 Å². The number of aliphatic hydroxyl groups is 1. The summed E-state index contributed by atoms with van der Waals surface area (Å²) in [7, 11) is 0. The van der Waals surface area contributed by atoms with Gasteiger partial charge in [0.15, 0.2) is 0 Å². The van der Waals surface area contributed by atoms with Crippen LogP contribution in [0.5, 0.6) is 0 Å². The minimum atomic E-state index is 0.0680. The highest BCUT2D eigenvalue weighted by Crippen LogP contribution is 2.30. The first-order valence-electron chi connectivity index (χ1n) is 8.31. The maximum atomic E-state index is 12.5. The molecule has 0 saturated heterocycles. The Balaban J connectivity index is 1.67. The standard InChI is InChI=1S/C17H25NO2S/c19-11-13-7-4-5-8-14(13)18-17(20)16-10-12-6-2-1-3-9-15(12)21-16/h10,13-14,19H,1-9,11H2,(H,18,20). The molecule has 3 rings (SSSR count). The van der Waals surface area contributed by atoms with Crippen molar-refractivity contribution < 1.29 is 9.90 Å². The number of fused-ring (bicyclic) bond motifs is 1. The van der Waals surface area contributed by atoms with E-state index in [4.69, 9.17) is 0 Å². The summed E-state index contributed by atoms with van der Waals surface area (Å²) in [6.45, 7) is 0.186. The third-order valence-electron chi connectivity index (χ3n) is 4.93. The second-order valence-electron chi connectivity index (χ2n) is 6.43. The van der Waals surface area contributed by atoms with E-state index >= 15 is 0 Å². The van der Waals surface area contributed by atoms with Crippen molar-refractivity contribution >= 4 is 17.2 Å². The van der Waals surface area contributed by atoms with Gasteiger partial charge in [-0.1, -0.05) is 19.3 Å². The zero-order chi connectivity index (χ0) is 14.7. The predicted octanol–water partition coefficient (Wildman–Crippen LogP) is 3.30. The highest BCUT2D eigenvalue weighted by Gasteiger charge is 2.27. The molecule has 1 saturated carbocycles. The van der Waals surface area contributed by atoms with Crippen molar-refractivity contribution in [2.24, 2.45) is 5.92 Å². The summed E-state index contributed by atoms with van der Waals surface area (Å²) >= 11 is 1.68. The molecule has 1 aromatic heterocycles. The Kier molecular flexibility index (Phi) is 4.96. The molecule has 1 fully saturated rings. The minimum absolute atomic E-state index is 0.0680. The van der Waals surface area contributed by atoms with Gasteiger partial charge in [-0.25, -0.2) is 0 Å². The van der Waals surface area contributed by atoms with Crippen LogP contribution in [0.2, 0.25) is 0 Å². The molecular formula is C17H25NO2S. The van der Waals surface area contributed by atoms with E-state index in [2.05, 4.69) is 11.4 Å². The summed E-state index contributed by atoms with van der Waals surface area (Å²) in [5, 5.41) is 12.6. The number of rotatable bonds is 3. The quantitative estimate of drug-likeness (QED) is 0.842. The summed E-state index contributed by atoms with van der Waals surface area (Å²) < 4.78 is 0. The highest BCUT2D eigenvalue weighted by molar-refractivity contribution is 7.14. The van der Waals surface area contributed by atoms with Crippen LogP contribution in [-0.4, -0.2) is 23.7 Å². The molecule has 1 heterocycles. The molecular weight excluding hydrogens is 282 g/mol. The Bertz CT molecular complexity index is 473. The van der Waals surface area contributed by atoms with E-state index in [-0.39, 0.29) is 24.5 Å². The van der Waals surface area contributed by atoms with Crippen molar-refractivity contribution in [3.63, 3.8) is 0 Å². The number of carbonyl (C=O) groups is 1. The van der Waals surface area contributed by atoms with Crippen molar-refractivity contribution in [3.05, 3.63) is 21.4 Å². The van der Waals surface area contributed by atoms with E-state index < -0.39 is 0 Å². The summed E-state index contributed by atoms with van der Waals surface area (Å²) in [6, 6.07) is 2.26. The van der Waals surface area contributed by atoms with Crippen LogP contribution in [0.15, 0.2) is 6.07 Å². The van der Waals surface area contributed by atoms with Crippen molar-refractivity contribution in [2.75, 3.05) is 6.61 Å². The number of hydrogen-bond acceptors (Lipinski definition) is 3. The van der Waals surface area contributed by atoms with E-state index in [1.54, 1.807) is 11.3 Å². The van der Waals surface area contributed by atoms with Gasteiger partial charge in [0.1, 0.15) is 0 Å². The van der Waals surface area contributed by atoms with Gasteiger partial charge in [-0.15, -0.1) is 11.3 Å². The average molecular weight is 307 g/mol. The molecule has 1 amide bonds. The lowest BCUT2D eigenvalue weighted by atomic mass is 9.85. The van der Waals surface area contributed by atoms with Crippen LogP contribution in [0.4, 0.5) is 0 Å². The van der Waals surface area contributed by atoms with Crippen LogP contribution in [0, 0.1) is 5.92 Å². The van der Waals surface area contributed by atoms with Gasteiger partial charge in [-0.2, -0.15) is 0 Å². The third-order valence-corrected chi connectivity index (χ3v) is 6.17. The topological polar surface area (TPSA) is 49.3 Å². The molecule has 21 heavy (non-hydrogen) atoms. The molecule has 116 valence electrons. The zero-order valence-electron chi connectivity index (χ0n) is 12.6. The van der Waals surface area contributed by atoms with E-state index in [0.717, 1.165) is 37.0 Å². The number of nitrogens with one attached hydrogen (secondary N) is 1. The SMILES string of the molecule is O=C(NC1CCCCC1CO)c1cc2c(s1)CCCCC2. The molecule has 4 heteroatoms. The van der Waals surface area contributed by atoms with Crippen LogP contribution in [-0.2, 0) is 12.8 Å². The molecule has 2 N–H and O–H groups in total. The van der Waals surface area contributed by atoms with Gasteiger partial charge < -0.3 is 10.4 Å². The number of aryl methyl sites for hydroxylation is 2. The first-order chi connectivity index (χ1) is 10.3. The molecule has 2 aliphatic rings. The van der Waals surface area contributed by atoms with Gasteiger partial charge in [-0.3, -0.25) is 4.79 Å². The molecule has 2 aliphatic carbocycles. The maximum Gasteiger partial charge on any atom is 0.261 e. The van der Waals surface area contributed by atoms with Crippen molar-refractivity contribution in [3.8, 4) is 0 Å². The molecule has 0 aromatic carbocycles. The van der Waals surface area contributed by atoms with Crippen molar-refractivity contribution in [1.29, 1.82) is 0 Å². The summed E-state index contributed by atoms with van der Waals surface area (Å²) in [4.78, 5) is 14.8. The molecule has 0 aliphatic heterocycles. The fraction of sp³-hybridized carbons (Fsp3) is 0.706. The lowest BCUT2D eigenvalue weighted by Gasteiger charge is -2.30.